The standard InChI is InChI=1S/2C5H11O.Ca/c2*1-5(2,3)4-6;/h2*4H2,1-3H3;/q2*-1;+2. The molecule has 0 aliphatic rings. The molecule has 0 saturated heterocycles. The van der Waals surface area contributed by atoms with E-state index >= 15 is 0 Å². The minimum atomic E-state index is -0.0139. The third-order valence-corrected chi connectivity index (χ3v) is 0.866. The fourth-order valence-electron chi connectivity index (χ4n) is 0. The Bertz CT molecular complexity index is 86.5. The third kappa shape index (κ3) is 32.0. The maximum absolute atomic E-state index is 9.95. The van der Waals surface area contributed by atoms with Crippen LogP contribution in [0, 0.1) is 10.8 Å². The Balaban J connectivity index is -0.000000143. The second-order valence-corrected chi connectivity index (χ2v) is 5.41. The first-order valence-corrected chi connectivity index (χ1v) is 4.28. The van der Waals surface area contributed by atoms with Crippen molar-refractivity contribution >= 4 is 37.7 Å². The van der Waals surface area contributed by atoms with Crippen LogP contribution in [-0.4, -0.2) is 51.0 Å². The average molecular weight is 214 g/mol. The first kappa shape index (κ1) is 19.7. The van der Waals surface area contributed by atoms with Gasteiger partial charge in [-0.15, -0.1) is 13.2 Å². The zero-order valence-electron chi connectivity index (χ0n) is 9.94. The average Bonchev–Trinajstić information content (AvgIpc) is 1.86. The summed E-state index contributed by atoms with van der Waals surface area (Å²) < 4.78 is 0. The molecule has 0 spiro atoms. The van der Waals surface area contributed by atoms with Gasteiger partial charge in [0.2, 0.25) is 0 Å². The van der Waals surface area contributed by atoms with Crippen molar-refractivity contribution in [1.82, 2.24) is 0 Å². The Morgan fingerprint density at radius 1 is 0.692 bits per heavy atom. The molecular formula is C10H22CaO2. The minimum absolute atomic E-state index is 0. The van der Waals surface area contributed by atoms with Gasteiger partial charge in [-0.3, -0.25) is 0 Å². The van der Waals surface area contributed by atoms with Gasteiger partial charge in [-0.25, -0.2) is 0 Å². The number of hydrogen-bond donors (Lipinski definition) is 0. The molecule has 0 aromatic heterocycles. The van der Waals surface area contributed by atoms with Crippen molar-refractivity contribution in [2.75, 3.05) is 13.2 Å². The van der Waals surface area contributed by atoms with Crippen LogP contribution in [0.3, 0.4) is 0 Å². The third-order valence-electron chi connectivity index (χ3n) is 0.866. The van der Waals surface area contributed by atoms with Gasteiger partial charge in [-0.05, 0) is 0 Å². The molecule has 0 aliphatic heterocycles. The molecule has 0 radical (unpaired) electrons. The zero-order valence-corrected chi connectivity index (χ0v) is 12.1. The van der Waals surface area contributed by atoms with E-state index in [1.54, 1.807) is 0 Å². The molecule has 76 valence electrons. The summed E-state index contributed by atoms with van der Waals surface area (Å²) in [7, 11) is 0. The van der Waals surface area contributed by atoms with Crippen molar-refractivity contribution < 1.29 is 10.2 Å². The maximum Gasteiger partial charge on any atom is 2.00 e. The molecule has 0 aromatic carbocycles. The second kappa shape index (κ2) is 8.49. The molecule has 0 saturated carbocycles. The first-order chi connectivity index (χ1) is 5.12. The van der Waals surface area contributed by atoms with Crippen LogP contribution in [0.15, 0.2) is 0 Å². The van der Waals surface area contributed by atoms with E-state index < -0.39 is 0 Å². The van der Waals surface area contributed by atoms with Crippen LogP contribution in [0.2, 0.25) is 0 Å². The summed E-state index contributed by atoms with van der Waals surface area (Å²) in [4.78, 5) is 0. The molecule has 0 aromatic rings. The normalized spacial score (nSPS) is 11.1. The van der Waals surface area contributed by atoms with Gasteiger partial charge in [0.25, 0.3) is 0 Å². The minimum Gasteiger partial charge on any atom is -0.854 e. The molecule has 0 fully saturated rings. The van der Waals surface area contributed by atoms with Crippen LogP contribution in [0.1, 0.15) is 41.5 Å². The van der Waals surface area contributed by atoms with Crippen LogP contribution in [0.4, 0.5) is 0 Å². The summed E-state index contributed by atoms with van der Waals surface area (Å²) in [5, 5.41) is 19.9. The molecule has 0 amide bonds. The fraction of sp³-hybridized carbons (Fsp3) is 1.00. The molecule has 0 atom stereocenters. The van der Waals surface area contributed by atoms with E-state index in [1.807, 2.05) is 41.5 Å². The van der Waals surface area contributed by atoms with E-state index in [2.05, 4.69) is 0 Å². The molecule has 0 N–H and O–H groups in total. The van der Waals surface area contributed by atoms with Crippen molar-refractivity contribution in [3.63, 3.8) is 0 Å². The van der Waals surface area contributed by atoms with Crippen molar-refractivity contribution in [3.8, 4) is 0 Å². The Labute approximate surface area is 113 Å². The van der Waals surface area contributed by atoms with Gasteiger partial charge >= 0.3 is 37.7 Å². The van der Waals surface area contributed by atoms with E-state index in [9.17, 15) is 10.2 Å². The summed E-state index contributed by atoms with van der Waals surface area (Å²) >= 11 is 0. The molecule has 3 heteroatoms. The maximum atomic E-state index is 9.95. The first-order valence-electron chi connectivity index (χ1n) is 4.28. The van der Waals surface area contributed by atoms with Crippen LogP contribution < -0.4 is 10.2 Å². The van der Waals surface area contributed by atoms with Gasteiger partial charge in [0.15, 0.2) is 0 Å². The van der Waals surface area contributed by atoms with Crippen LogP contribution in [0.5, 0.6) is 0 Å². The molecule has 2 nitrogen and oxygen atoms in total. The smallest absolute Gasteiger partial charge is 0.854 e. The molecule has 0 aliphatic carbocycles. The summed E-state index contributed by atoms with van der Waals surface area (Å²) in [6, 6.07) is 0. The van der Waals surface area contributed by atoms with Gasteiger partial charge in [0.05, 0.1) is 0 Å². The van der Waals surface area contributed by atoms with Crippen molar-refractivity contribution in [2.24, 2.45) is 10.8 Å². The molecule has 0 unspecified atom stereocenters. The Kier molecular flexibility index (Phi) is 12.9. The molecular weight excluding hydrogens is 192 g/mol. The molecule has 0 bridgehead atoms. The topological polar surface area (TPSA) is 46.1 Å². The van der Waals surface area contributed by atoms with Gasteiger partial charge in [0.1, 0.15) is 0 Å². The molecule has 0 heterocycles. The summed E-state index contributed by atoms with van der Waals surface area (Å²) in [5.74, 6) is 0. The number of hydrogen-bond acceptors (Lipinski definition) is 2. The number of rotatable bonds is 0. The van der Waals surface area contributed by atoms with E-state index in [4.69, 9.17) is 0 Å². The van der Waals surface area contributed by atoms with Crippen LogP contribution in [-0.2, 0) is 0 Å². The van der Waals surface area contributed by atoms with Crippen molar-refractivity contribution in [3.05, 3.63) is 0 Å². The monoisotopic (exact) mass is 214 g/mol. The fourth-order valence-corrected chi connectivity index (χ4v) is 0. The Morgan fingerprint density at radius 3 is 0.769 bits per heavy atom. The van der Waals surface area contributed by atoms with E-state index in [1.165, 1.54) is 0 Å². The van der Waals surface area contributed by atoms with E-state index in [0.29, 0.717) is 0 Å². The Hall–Kier alpha value is 1.18. The van der Waals surface area contributed by atoms with Gasteiger partial charge in [0, 0.05) is 0 Å². The van der Waals surface area contributed by atoms with Gasteiger partial charge < -0.3 is 10.2 Å². The van der Waals surface area contributed by atoms with Gasteiger partial charge in [-0.1, -0.05) is 52.4 Å². The zero-order chi connectivity index (χ0) is 10.4. The van der Waals surface area contributed by atoms with Crippen LogP contribution >= 0.6 is 0 Å². The molecule has 13 heavy (non-hydrogen) atoms. The molecule has 0 rings (SSSR count). The quantitative estimate of drug-likeness (QED) is 0.548. The SMILES string of the molecule is CC(C)(C)C[O-].CC(C)(C)C[O-].[Ca+2]. The largest absolute Gasteiger partial charge is 2.00 e. The summed E-state index contributed by atoms with van der Waals surface area (Å²) in [6.45, 7) is 11.6. The van der Waals surface area contributed by atoms with Crippen molar-refractivity contribution in [1.29, 1.82) is 0 Å². The Morgan fingerprint density at radius 2 is 0.769 bits per heavy atom. The van der Waals surface area contributed by atoms with E-state index in [0.717, 1.165) is 0 Å². The second-order valence-electron chi connectivity index (χ2n) is 5.41. The van der Waals surface area contributed by atoms with Gasteiger partial charge in [-0.2, -0.15) is 0 Å². The predicted octanol–water partition coefficient (Wildman–Crippen LogP) is 0.405. The summed E-state index contributed by atoms with van der Waals surface area (Å²) in [6.07, 6.45) is 0. The summed E-state index contributed by atoms with van der Waals surface area (Å²) in [5.41, 5.74) is -0.0278. The predicted molar refractivity (Wildman–Crippen MR) is 54.4 cm³/mol. The van der Waals surface area contributed by atoms with E-state index in [-0.39, 0.29) is 61.8 Å². The van der Waals surface area contributed by atoms with Crippen LogP contribution in [0.25, 0.3) is 0 Å². The van der Waals surface area contributed by atoms with Crippen molar-refractivity contribution in [2.45, 2.75) is 41.5 Å².